The molecule has 2 rings (SSSR count). The van der Waals surface area contributed by atoms with Gasteiger partial charge < -0.3 is 5.32 Å². The zero-order valence-electron chi connectivity index (χ0n) is 10.1. The maximum atomic E-state index is 4.36. The Hall–Kier alpha value is -1.78. The van der Waals surface area contributed by atoms with E-state index in [1.54, 1.807) is 0 Å². The van der Waals surface area contributed by atoms with Gasteiger partial charge >= 0.3 is 0 Å². The number of aromatic nitrogens is 4. The summed E-state index contributed by atoms with van der Waals surface area (Å²) < 4.78 is 1.86. The Labute approximate surface area is 94.9 Å². The minimum Gasteiger partial charge on any atom is -0.362 e. The molecule has 0 aliphatic heterocycles. The quantitative estimate of drug-likeness (QED) is 0.829. The van der Waals surface area contributed by atoms with Crippen LogP contribution in [0.1, 0.15) is 29.9 Å². The average molecular weight is 219 g/mol. The average Bonchev–Trinajstić information content (AvgIpc) is 2.74. The van der Waals surface area contributed by atoms with E-state index in [2.05, 4.69) is 27.5 Å². The minimum atomic E-state index is 0.202. The third kappa shape index (κ3) is 1.93. The number of hydrogen-bond donors (Lipinski definition) is 2. The molecule has 0 radical (unpaired) electrons. The molecular weight excluding hydrogens is 202 g/mol. The Morgan fingerprint density at radius 1 is 1.44 bits per heavy atom. The molecule has 2 heterocycles. The summed E-state index contributed by atoms with van der Waals surface area (Å²) in [6, 6.07) is 2.24. The lowest BCUT2D eigenvalue weighted by Crippen LogP contribution is -2.07. The number of anilines is 1. The van der Waals surface area contributed by atoms with Crippen LogP contribution in [-0.4, -0.2) is 20.0 Å². The molecule has 0 bridgehead atoms. The Kier molecular flexibility index (Phi) is 2.68. The van der Waals surface area contributed by atoms with Gasteiger partial charge in [0.25, 0.3) is 0 Å². The smallest absolute Gasteiger partial charge is 0.148 e. The van der Waals surface area contributed by atoms with Crippen LogP contribution in [0.2, 0.25) is 0 Å². The third-order valence-electron chi connectivity index (χ3n) is 2.81. The van der Waals surface area contributed by atoms with Gasteiger partial charge in [-0.05, 0) is 20.8 Å². The van der Waals surface area contributed by atoms with Crippen LogP contribution in [0.5, 0.6) is 0 Å². The molecule has 0 aliphatic carbocycles. The first kappa shape index (κ1) is 10.7. The topological polar surface area (TPSA) is 58.5 Å². The maximum absolute atomic E-state index is 4.36. The summed E-state index contributed by atoms with van der Waals surface area (Å²) in [6.07, 6.45) is 1.85. The molecule has 1 unspecified atom stereocenters. The summed E-state index contributed by atoms with van der Waals surface area (Å²) >= 11 is 0. The van der Waals surface area contributed by atoms with Crippen LogP contribution in [0.25, 0.3) is 0 Å². The van der Waals surface area contributed by atoms with Gasteiger partial charge in [0, 0.05) is 30.1 Å². The van der Waals surface area contributed by atoms with E-state index < -0.39 is 0 Å². The molecule has 2 aromatic rings. The highest BCUT2D eigenvalue weighted by Crippen LogP contribution is 2.19. The number of aromatic amines is 1. The standard InChI is InChI=1S/C11H17N5/c1-7-5-11(15-16(7)4)13-8(2)10-6-12-14-9(10)3/h5-6,8H,1-4H3,(H,12,14)(H,13,15). The SMILES string of the molecule is Cc1[nH]ncc1C(C)Nc1cc(C)n(C)n1. The van der Waals surface area contributed by atoms with Gasteiger partial charge in [-0.1, -0.05) is 0 Å². The van der Waals surface area contributed by atoms with Gasteiger partial charge in [0.05, 0.1) is 12.2 Å². The van der Waals surface area contributed by atoms with Gasteiger partial charge in [-0.2, -0.15) is 10.2 Å². The first-order valence-corrected chi connectivity index (χ1v) is 5.35. The van der Waals surface area contributed by atoms with Crippen LogP contribution in [0.3, 0.4) is 0 Å². The normalized spacial score (nSPS) is 12.8. The van der Waals surface area contributed by atoms with Gasteiger partial charge in [-0.3, -0.25) is 9.78 Å². The lowest BCUT2D eigenvalue weighted by atomic mass is 10.1. The molecule has 0 fully saturated rings. The molecule has 0 saturated heterocycles. The van der Waals surface area contributed by atoms with Crippen LogP contribution < -0.4 is 5.32 Å². The number of nitrogens with one attached hydrogen (secondary N) is 2. The van der Waals surface area contributed by atoms with Crippen LogP contribution >= 0.6 is 0 Å². The first-order chi connectivity index (χ1) is 7.58. The number of H-pyrrole nitrogens is 1. The minimum absolute atomic E-state index is 0.202. The zero-order valence-corrected chi connectivity index (χ0v) is 10.1. The molecule has 1 atom stereocenters. The van der Waals surface area contributed by atoms with E-state index in [0.717, 1.165) is 17.2 Å². The van der Waals surface area contributed by atoms with Crippen molar-refractivity contribution in [2.24, 2.45) is 7.05 Å². The molecule has 5 nitrogen and oxygen atoms in total. The molecule has 5 heteroatoms. The lowest BCUT2D eigenvalue weighted by Gasteiger charge is -2.11. The first-order valence-electron chi connectivity index (χ1n) is 5.35. The molecule has 16 heavy (non-hydrogen) atoms. The molecule has 2 aromatic heterocycles. The Balaban J connectivity index is 2.13. The number of rotatable bonds is 3. The van der Waals surface area contributed by atoms with Crippen molar-refractivity contribution in [1.29, 1.82) is 0 Å². The largest absolute Gasteiger partial charge is 0.362 e. The van der Waals surface area contributed by atoms with Crippen molar-refractivity contribution in [2.75, 3.05) is 5.32 Å². The fourth-order valence-electron chi connectivity index (χ4n) is 1.73. The molecule has 2 N–H and O–H groups in total. The second kappa shape index (κ2) is 4.00. The van der Waals surface area contributed by atoms with Crippen molar-refractivity contribution in [3.8, 4) is 0 Å². The van der Waals surface area contributed by atoms with Gasteiger partial charge in [-0.25, -0.2) is 0 Å². The Bertz CT molecular complexity index is 463. The highest BCUT2D eigenvalue weighted by Gasteiger charge is 2.11. The molecule has 0 saturated carbocycles. The summed E-state index contributed by atoms with van der Waals surface area (Å²) in [5.41, 5.74) is 3.40. The maximum Gasteiger partial charge on any atom is 0.148 e. The Morgan fingerprint density at radius 3 is 2.69 bits per heavy atom. The van der Waals surface area contributed by atoms with E-state index in [0.29, 0.717) is 0 Å². The highest BCUT2D eigenvalue weighted by atomic mass is 15.3. The third-order valence-corrected chi connectivity index (χ3v) is 2.81. The number of nitrogens with zero attached hydrogens (tertiary/aromatic N) is 3. The molecule has 0 aliphatic rings. The summed E-state index contributed by atoms with van der Waals surface area (Å²) in [5.74, 6) is 0.896. The molecule has 0 spiro atoms. The van der Waals surface area contributed by atoms with E-state index in [-0.39, 0.29) is 6.04 Å². The Morgan fingerprint density at radius 2 is 2.19 bits per heavy atom. The van der Waals surface area contributed by atoms with Crippen molar-refractivity contribution in [3.05, 3.63) is 29.2 Å². The zero-order chi connectivity index (χ0) is 11.7. The van der Waals surface area contributed by atoms with Crippen molar-refractivity contribution in [1.82, 2.24) is 20.0 Å². The van der Waals surface area contributed by atoms with E-state index in [1.165, 1.54) is 5.56 Å². The van der Waals surface area contributed by atoms with Crippen molar-refractivity contribution in [3.63, 3.8) is 0 Å². The summed E-state index contributed by atoms with van der Waals surface area (Å²) in [6.45, 7) is 6.15. The second-order valence-corrected chi connectivity index (χ2v) is 4.11. The molecule has 0 amide bonds. The fourth-order valence-corrected chi connectivity index (χ4v) is 1.73. The van der Waals surface area contributed by atoms with E-state index in [1.807, 2.05) is 37.8 Å². The van der Waals surface area contributed by atoms with Gasteiger partial charge in [0.1, 0.15) is 5.82 Å². The number of hydrogen-bond acceptors (Lipinski definition) is 3. The van der Waals surface area contributed by atoms with Crippen LogP contribution in [0, 0.1) is 13.8 Å². The van der Waals surface area contributed by atoms with Crippen molar-refractivity contribution >= 4 is 5.82 Å². The van der Waals surface area contributed by atoms with Gasteiger partial charge in [0.15, 0.2) is 0 Å². The highest BCUT2D eigenvalue weighted by molar-refractivity contribution is 5.39. The van der Waals surface area contributed by atoms with Crippen LogP contribution in [0.4, 0.5) is 5.82 Å². The summed E-state index contributed by atoms with van der Waals surface area (Å²) in [7, 11) is 1.94. The van der Waals surface area contributed by atoms with Gasteiger partial charge in [0.2, 0.25) is 0 Å². The van der Waals surface area contributed by atoms with Gasteiger partial charge in [-0.15, -0.1) is 0 Å². The predicted octanol–water partition coefficient (Wildman–Crippen LogP) is 1.93. The molecule has 0 aromatic carbocycles. The van der Waals surface area contributed by atoms with E-state index in [4.69, 9.17) is 0 Å². The fraction of sp³-hybridized carbons (Fsp3) is 0.455. The number of aryl methyl sites for hydroxylation is 3. The van der Waals surface area contributed by atoms with Crippen LogP contribution in [0.15, 0.2) is 12.3 Å². The predicted molar refractivity (Wildman–Crippen MR) is 63.3 cm³/mol. The van der Waals surface area contributed by atoms with Crippen molar-refractivity contribution < 1.29 is 0 Å². The van der Waals surface area contributed by atoms with E-state index in [9.17, 15) is 0 Å². The monoisotopic (exact) mass is 219 g/mol. The van der Waals surface area contributed by atoms with Crippen LogP contribution in [-0.2, 0) is 7.05 Å². The molecule has 86 valence electrons. The van der Waals surface area contributed by atoms with E-state index >= 15 is 0 Å². The lowest BCUT2D eigenvalue weighted by molar-refractivity contribution is 0.735. The molecular formula is C11H17N5. The second-order valence-electron chi connectivity index (χ2n) is 4.11. The summed E-state index contributed by atoms with van der Waals surface area (Å²) in [5, 5.41) is 14.7. The van der Waals surface area contributed by atoms with Crippen molar-refractivity contribution in [2.45, 2.75) is 26.8 Å². The summed E-state index contributed by atoms with van der Waals surface area (Å²) in [4.78, 5) is 0.